The highest BCUT2D eigenvalue weighted by Gasteiger charge is 2.27. The molecule has 2 aliphatic heterocycles. The average molecular weight is 445 g/mol. The summed E-state index contributed by atoms with van der Waals surface area (Å²) in [4.78, 5) is 14.7. The van der Waals surface area contributed by atoms with Crippen LogP contribution in [0.5, 0.6) is 11.5 Å². The van der Waals surface area contributed by atoms with Crippen LogP contribution in [0.3, 0.4) is 0 Å². The minimum absolute atomic E-state index is 0.0357. The minimum Gasteiger partial charge on any atom is -0.497 e. The van der Waals surface area contributed by atoms with Gasteiger partial charge in [-0.15, -0.1) is 4.40 Å². The number of hydrogen-bond donors (Lipinski definition) is 2. The number of nitrogens with zero attached hydrogens (tertiary/aromatic N) is 2. The fraction of sp³-hybridized carbons (Fsp3) is 0.333. The molecule has 1 saturated heterocycles. The molecule has 2 aliphatic rings. The zero-order valence-electron chi connectivity index (χ0n) is 17.1. The highest BCUT2D eigenvalue weighted by molar-refractivity contribution is 7.91. The Kier molecular flexibility index (Phi) is 5.73. The highest BCUT2D eigenvalue weighted by atomic mass is 32.2. The van der Waals surface area contributed by atoms with Gasteiger partial charge in [0.15, 0.2) is 5.84 Å². The van der Waals surface area contributed by atoms with Gasteiger partial charge in [-0.1, -0.05) is 12.1 Å². The number of fused-ring (bicyclic) bond motifs is 1. The summed E-state index contributed by atoms with van der Waals surface area (Å²) in [5, 5.41) is 0. The number of carbonyl (C=O) groups is 1. The molecule has 9 nitrogen and oxygen atoms in total. The summed E-state index contributed by atoms with van der Waals surface area (Å²) in [6.07, 6.45) is 1.80. The maximum absolute atomic E-state index is 12.9. The van der Waals surface area contributed by atoms with Crippen LogP contribution >= 0.6 is 0 Å². The molecule has 0 saturated carbocycles. The van der Waals surface area contributed by atoms with E-state index in [4.69, 9.17) is 15.2 Å². The van der Waals surface area contributed by atoms with Crippen molar-refractivity contribution in [1.82, 2.24) is 4.90 Å². The van der Waals surface area contributed by atoms with Crippen LogP contribution in [0.1, 0.15) is 28.8 Å². The lowest BCUT2D eigenvalue weighted by molar-refractivity contribution is 0.0633. The molecule has 3 N–H and O–H groups in total. The predicted octanol–water partition coefficient (Wildman–Crippen LogP) is 2.00. The summed E-state index contributed by atoms with van der Waals surface area (Å²) in [7, 11) is -2.27. The lowest BCUT2D eigenvalue weighted by atomic mass is 9.98. The van der Waals surface area contributed by atoms with E-state index in [1.165, 1.54) is 0 Å². The number of hydrogen-bond acceptors (Lipinski definition) is 6. The van der Waals surface area contributed by atoms with E-state index >= 15 is 0 Å². The summed E-state index contributed by atoms with van der Waals surface area (Å²) in [5.74, 6) is 1.09. The molecule has 1 amide bonds. The Balaban J connectivity index is 1.44. The minimum atomic E-state index is -3.84. The lowest BCUT2D eigenvalue weighted by Gasteiger charge is -2.33. The third-order valence-corrected chi connectivity index (χ3v) is 6.25. The van der Waals surface area contributed by atoms with Crippen LogP contribution < -0.4 is 19.9 Å². The molecule has 164 valence electrons. The normalized spacial score (nSPS) is 19.6. The van der Waals surface area contributed by atoms with Crippen molar-refractivity contribution in [1.29, 1.82) is 0 Å². The van der Waals surface area contributed by atoms with E-state index in [0.717, 1.165) is 12.8 Å². The van der Waals surface area contributed by atoms with E-state index in [2.05, 4.69) is 9.12 Å². The Hall–Kier alpha value is -3.27. The van der Waals surface area contributed by atoms with E-state index in [0.29, 0.717) is 48.0 Å². The molecule has 4 rings (SSSR count). The maximum Gasteiger partial charge on any atom is 0.344 e. The molecule has 10 heteroatoms. The van der Waals surface area contributed by atoms with E-state index in [1.54, 1.807) is 49.6 Å². The van der Waals surface area contributed by atoms with Crippen molar-refractivity contribution in [2.45, 2.75) is 12.8 Å². The lowest BCUT2D eigenvalue weighted by Crippen LogP contribution is -2.41. The molecule has 2 aromatic carbocycles. The van der Waals surface area contributed by atoms with Crippen molar-refractivity contribution in [3.05, 3.63) is 53.6 Å². The third-order valence-electron chi connectivity index (χ3n) is 5.34. The first kappa shape index (κ1) is 21.0. The number of nitrogens with one attached hydrogen (secondary N) is 1. The molecule has 0 bridgehead atoms. The molecule has 0 spiro atoms. The van der Waals surface area contributed by atoms with Gasteiger partial charge in [0.05, 0.1) is 25.0 Å². The van der Waals surface area contributed by atoms with Crippen LogP contribution in [0, 0.1) is 5.92 Å². The SMILES string of the molecule is COc1cccc(C(=O)N2CCCC(COc3cccc4c3C(N)=NS(=O)(=O)N4)C2)c1. The first-order valence-corrected chi connectivity index (χ1v) is 11.4. The van der Waals surface area contributed by atoms with E-state index in [-0.39, 0.29) is 17.7 Å². The van der Waals surface area contributed by atoms with Crippen LogP contribution in [-0.2, 0) is 10.2 Å². The first-order chi connectivity index (χ1) is 14.9. The summed E-state index contributed by atoms with van der Waals surface area (Å²) in [5.41, 5.74) is 7.23. The Bertz CT molecular complexity index is 1130. The fourth-order valence-corrected chi connectivity index (χ4v) is 4.71. The van der Waals surface area contributed by atoms with E-state index in [1.807, 2.05) is 4.90 Å². The third kappa shape index (κ3) is 4.58. The van der Waals surface area contributed by atoms with Gasteiger partial charge in [-0.3, -0.25) is 9.52 Å². The maximum atomic E-state index is 12.9. The number of piperidine rings is 1. The van der Waals surface area contributed by atoms with Crippen LogP contribution in [-0.4, -0.2) is 51.9 Å². The van der Waals surface area contributed by atoms with Crippen molar-refractivity contribution < 1.29 is 22.7 Å². The van der Waals surface area contributed by atoms with Gasteiger partial charge in [0.2, 0.25) is 0 Å². The second-order valence-electron chi connectivity index (χ2n) is 7.53. The molecule has 2 aromatic rings. The van der Waals surface area contributed by atoms with Crippen LogP contribution in [0.15, 0.2) is 46.9 Å². The van der Waals surface area contributed by atoms with Crippen molar-refractivity contribution in [2.24, 2.45) is 16.0 Å². The van der Waals surface area contributed by atoms with Crippen LogP contribution in [0.2, 0.25) is 0 Å². The van der Waals surface area contributed by atoms with Gasteiger partial charge >= 0.3 is 10.2 Å². The average Bonchev–Trinajstić information content (AvgIpc) is 2.76. The van der Waals surface area contributed by atoms with Crippen molar-refractivity contribution in [2.75, 3.05) is 31.5 Å². The molecular formula is C21H24N4O5S. The number of carbonyl (C=O) groups excluding carboxylic acids is 1. The molecule has 1 fully saturated rings. The number of likely N-dealkylation sites (tertiary alicyclic amines) is 1. The predicted molar refractivity (Wildman–Crippen MR) is 117 cm³/mol. The fourth-order valence-electron chi connectivity index (χ4n) is 3.87. The van der Waals surface area contributed by atoms with Crippen molar-refractivity contribution in [3.63, 3.8) is 0 Å². The number of nitrogens with two attached hydrogens (primary N) is 1. The number of amides is 1. The molecule has 31 heavy (non-hydrogen) atoms. The molecule has 0 aliphatic carbocycles. The second-order valence-corrected chi connectivity index (χ2v) is 8.87. The van der Waals surface area contributed by atoms with Gasteiger partial charge in [-0.05, 0) is 43.2 Å². The summed E-state index contributed by atoms with van der Waals surface area (Å²) in [6, 6.07) is 12.1. The van der Waals surface area contributed by atoms with Crippen molar-refractivity contribution in [3.8, 4) is 11.5 Å². The summed E-state index contributed by atoms with van der Waals surface area (Å²) in [6.45, 7) is 1.63. The zero-order valence-corrected chi connectivity index (χ0v) is 17.9. The number of benzene rings is 2. The van der Waals surface area contributed by atoms with Gasteiger partial charge in [-0.2, -0.15) is 8.42 Å². The van der Waals surface area contributed by atoms with Gasteiger partial charge in [0, 0.05) is 24.6 Å². The number of rotatable bonds is 5. The van der Waals surface area contributed by atoms with E-state index in [9.17, 15) is 13.2 Å². The second kappa shape index (κ2) is 8.46. The number of amidine groups is 1. The van der Waals surface area contributed by atoms with Crippen LogP contribution in [0.25, 0.3) is 0 Å². The number of methoxy groups -OCH3 is 1. The molecular weight excluding hydrogens is 420 g/mol. The zero-order chi connectivity index (χ0) is 22.0. The first-order valence-electron chi connectivity index (χ1n) is 9.94. The number of anilines is 1. The van der Waals surface area contributed by atoms with Gasteiger partial charge in [0.25, 0.3) is 5.91 Å². The quantitative estimate of drug-likeness (QED) is 0.727. The molecule has 1 atom stereocenters. The Morgan fingerprint density at radius 2 is 2.10 bits per heavy atom. The number of ether oxygens (including phenoxy) is 2. The van der Waals surface area contributed by atoms with Gasteiger partial charge in [-0.25, -0.2) is 0 Å². The van der Waals surface area contributed by atoms with Gasteiger partial charge < -0.3 is 20.1 Å². The monoisotopic (exact) mass is 444 g/mol. The summed E-state index contributed by atoms with van der Waals surface area (Å²) < 4.78 is 40.5. The van der Waals surface area contributed by atoms with Gasteiger partial charge in [0.1, 0.15) is 11.5 Å². The smallest absolute Gasteiger partial charge is 0.344 e. The molecule has 0 aromatic heterocycles. The molecule has 2 heterocycles. The largest absolute Gasteiger partial charge is 0.497 e. The Morgan fingerprint density at radius 1 is 1.29 bits per heavy atom. The van der Waals surface area contributed by atoms with E-state index < -0.39 is 10.2 Å². The molecule has 1 unspecified atom stereocenters. The standard InChI is InChI=1S/C21H24N4O5S/c1-29-16-7-2-6-15(11-16)21(26)25-10-4-5-14(12-25)13-30-18-9-3-8-17-19(18)20(22)24-31(27,28)23-17/h2-3,6-9,11,14,23H,4-5,10,12-13H2,1H3,(H2,22,24). The summed E-state index contributed by atoms with van der Waals surface area (Å²) >= 11 is 0. The molecule has 0 radical (unpaired) electrons. The van der Waals surface area contributed by atoms with Crippen LogP contribution in [0.4, 0.5) is 5.69 Å². The Morgan fingerprint density at radius 3 is 2.90 bits per heavy atom. The Labute approximate surface area is 181 Å². The topological polar surface area (TPSA) is 123 Å². The highest BCUT2D eigenvalue weighted by Crippen LogP contribution is 2.31. The van der Waals surface area contributed by atoms with Crippen molar-refractivity contribution >= 4 is 27.6 Å².